The summed E-state index contributed by atoms with van der Waals surface area (Å²) in [6.07, 6.45) is 8.20. The molecule has 1 aromatic carbocycles. The first-order valence-corrected chi connectivity index (χ1v) is 19.6. The second-order valence-corrected chi connectivity index (χ2v) is 17.4. The maximum atomic E-state index is 14.4. The van der Waals surface area contributed by atoms with Crippen LogP contribution >= 0.6 is 0 Å². The van der Waals surface area contributed by atoms with Crippen LogP contribution < -0.4 is 15.4 Å². The number of ether oxygens (including phenoxy) is 1. The summed E-state index contributed by atoms with van der Waals surface area (Å²) in [4.78, 5) is 66.8. The van der Waals surface area contributed by atoms with E-state index >= 15 is 0 Å². The number of nitrogens with zero attached hydrogens (tertiary/aromatic N) is 3. The predicted octanol–water partition coefficient (Wildman–Crippen LogP) is 3.70. The third-order valence-corrected chi connectivity index (χ3v) is 12.2. The van der Waals surface area contributed by atoms with Crippen LogP contribution in [0.2, 0.25) is 0 Å². The van der Waals surface area contributed by atoms with Gasteiger partial charge in [0.1, 0.15) is 29.8 Å². The first kappa shape index (κ1) is 37.2. The van der Waals surface area contributed by atoms with Crippen molar-refractivity contribution < 1.29 is 37.2 Å². The number of nitrogens with one attached hydrogen (secondary N) is 3. The first-order valence-electron chi connectivity index (χ1n) is 18.0. The van der Waals surface area contributed by atoms with Gasteiger partial charge in [-0.3, -0.25) is 24.1 Å². The highest BCUT2D eigenvalue weighted by Crippen LogP contribution is 2.47. The number of likely N-dealkylation sites (tertiary alicyclic amines) is 1. The molecule has 14 nitrogen and oxygen atoms in total. The van der Waals surface area contributed by atoms with Gasteiger partial charge in [0.15, 0.2) is 0 Å². The second-order valence-electron chi connectivity index (χ2n) is 15.4. The lowest BCUT2D eigenvalue weighted by Gasteiger charge is -2.35. The summed E-state index contributed by atoms with van der Waals surface area (Å²) in [5.74, 6) is -2.36. The molecule has 4 aliphatic rings. The Labute approximate surface area is 304 Å². The molecule has 3 aliphatic carbocycles. The molecule has 6 rings (SSSR count). The summed E-state index contributed by atoms with van der Waals surface area (Å²) in [6, 6.07) is 7.14. The average Bonchev–Trinajstić information content (AvgIpc) is 3.96. The highest BCUT2D eigenvalue weighted by molar-refractivity contribution is 7.91. The van der Waals surface area contributed by atoms with Crippen molar-refractivity contribution in [3.05, 3.63) is 54.7 Å². The van der Waals surface area contributed by atoms with Gasteiger partial charge in [0.05, 0.1) is 23.5 Å². The number of benzene rings is 1. The molecule has 280 valence electrons. The Morgan fingerprint density at radius 1 is 1.10 bits per heavy atom. The summed E-state index contributed by atoms with van der Waals surface area (Å²) in [6.45, 7) is 9.12. The maximum absolute atomic E-state index is 14.4. The Kier molecular flexibility index (Phi) is 10.6. The van der Waals surface area contributed by atoms with E-state index in [1.807, 2.05) is 30.3 Å². The molecule has 3 N–H and O–H groups in total. The number of hydrogen-bond acceptors (Lipinski definition) is 10. The van der Waals surface area contributed by atoms with Crippen LogP contribution in [0.1, 0.15) is 84.1 Å². The van der Waals surface area contributed by atoms with E-state index in [9.17, 15) is 27.6 Å². The Hall–Kier alpha value is -4.53. The molecule has 4 fully saturated rings. The van der Waals surface area contributed by atoms with Crippen molar-refractivity contribution in [1.29, 1.82) is 0 Å². The minimum absolute atomic E-state index is 0.0274. The van der Waals surface area contributed by atoms with Gasteiger partial charge >= 0.3 is 6.09 Å². The van der Waals surface area contributed by atoms with E-state index in [0.29, 0.717) is 19.3 Å². The van der Waals surface area contributed by atoms with Crippen LogP contribution in [0.15, 0.2) is 54.3 Å². The summed E-state index contributed by atoms with van der Waals surface area (Å²) in [5, 5.41) is 10.0. The quantitative estimate of drug-likeness (QED) is 0.157. The summed E-state index contributed by atoms with van der Waals surface area (Å²) >= 11 is 0. The maximum Gasteiger partial charge on any atom is 0.408 e. The molecular weight excluding hydrogens is 689 g/mol. The van der Waals surface area contributed by atoms with Crippen LogP contribution in [-0.4, -0.2) is 90.0 Å². The number of allylic oxidation sites excluding steroid dienone is 1. The zero-order valence-corrected chi connectivity index (χ0v) is 30.7. The van der Waals surface area contributed by atoms with Crippen molar-refractivity contribution in [3.8, 4) is 0 Å². The lowest BCUT2D eigenvalue weighted by Crippen LogP contribution is -2.60. The number of pyridine rings is 1. The molecule has 15 heteroatoms. The van der Waals surface area contributed by atoms with Gasteiger partial charge in [0.25, 0.3) is 5.91 Å². The summed E-state index contributed by atoms with van der Waals surface area (Å²) < 4.78 is 33.2. The van der Waals surface area contributed by atoms with Crippen molar-refractivity contribution in [2.75, 3.05) is 6.54 Å². The number of carbonyl (C=O) groups excluding carboxylic acids is 4. The Bertz CT molecular complexity index is 1850. The average molecular weight is 737 g/mol. The van der Waals surface area contributed by atoms with Crippen LogP contribution in [0.3, 0.4) is 0 Å². The van der Waals surface area contributed by atoms with Crippen LogP contribution in [0, 0.1) is 11.3 Å². The molecule has 4 amide bonds. The fourth-order valence-electron chi connectivity index (χ4n) is 7.19. The normalized spacial score (nSPS) is 25.4. The molecule has 3 saturated carbocycles. The number of fused-ring (bicyclic) bond motifs is 1. The fourth-order valence-corrected chi connectivity index (χ4v) is 8.56. The molecule has 2 heterocycles. The van der Waals surface area contributed by atoms with E-state index < -0.39 is 68.2 Å². The largest absolute Gasteiger partial charge is 0.446 e. The van der Waals surface area contributed by atoms with Crippen LogP contribution in [-0.2, 0) is 34.0 Å². The third kappa shape index (κ3) is 8.24. The molecule has 0 unspecified atom stereocenters. The van der Waals surface area contributed by atoms with E-state index in [2.05, 4.69) is 32.1 Å². The third-order valence-electron chi connectivity index (χ3n) is 10.4. The van der Waals surface area contributed by atoms with E-state index in [-0.39, 0.29) is 31.4 Å². The number of alkyl carbamates (subject to hydrolysis) is 1. The number of amides is 4. The summed E-state index contributed by atoms with van der Waals surface area (Å²) in [5.41, 5.74) is -0.727. The standard InChI is InChI=1S/C37H48N6O8S/c1-5-10-24-20-37(24,34(46)42-52(48,49)27-16-17-27)41-32(44)30-19-26(51-39-21-23-11-8-15-29-28(23)14-9-18-38-29)22-43(30)33(45)31(36(2,3)4)40-35(47)50-25-12-6-7-13-25/h5,8-9,11,14-15,18,21,24-27,30-31H,1,6-7,10,12-13,16-17,19-20,22H2,2-4H3,(H,40,47)(H,41,44)(H,42,46)/b39-21+/t24-,26-,30+,31-,37-/m1/s1. The van der Waals surface area contributed by atoms with Gasteiger partial charge in [0, 0.05) is 23.6 Å². The Morgan fingerprint density at radius 2 is 1.85 bits per heavy atom. The molecule has 0 radical (unpaired) electrons. The molecule has 2 aromatic rings. The van der Waals surface area contributed by atoms with Crippen LogP contribution in [0.4, 0.5) is 4.79 Å². The Morgan fingerprint density at radius 3 is 2.54 bits per heavy atom. The van der Waals surface area contributed by atoms with Gasteiger partial charge in [0.2, 0.25) is 21.8 Å². The smallest absolute Gasteiger partial charge is 0.408 e. The molecule has 1 saturated heterocycles. The second kappa shape index (κ2) is 14.8. The van der Waals surface area contributed by atoms with Gasteiger partial charge in [-0.2, -0.15) is 0 Å². The van der Waals surface area contributed by atoms with Crippen LogP contribution in [0.5, 0.6) is 0 Å². The minimum atomic E-state index is -3.88. The van der Waals surface area contributed by atoms with Crippen molar-refractivity contribution in [2.45, 2.75) is 114 Å². The molecule has 0 bridgehead atoms. The van der Waals surface area contributed by atoms with Crippen molar-refractivity contribution in [2.24, 2.45) is 16.5 Å². The highest BCUT2D eigenvalue weighted by Gasteiger charge is 2.62. The molecule has 1 aliphatic heterocycles. The van der Waals surface area contributed by atoms with Gasteiger partial charge in [-0.05, 0) is 74.8 Å². The fraction of sp³-hybridized carbons (Fsp3) is 0.568. The SMILES string of the molecule is C=CC[C@@H]1C[C@]1(NC(=O)[C@@H]1C[C@@H](O/N=C/c2cccc3ncccc23)CN1C(=O)[C@@H](NC(=O)OC1CCCC1)C(C)(C)C)C(=O)NS(=O)(=O)C1CC1. The number of oxime groups is 1. The van der Waals surface area contributed by atoms with Gasteiger partial charge in [-0.15, -0.1) is 6.58 Å². The molecule has 52 heavy (non-hydrogen) atoms. The van der Waals surface area contributed by atoms with E-state index in [1.165, 1.54) is 4.90 Å². The van der Waals surface area contributed by atoms with Gasteiger partial charge < -0.3 is 25.1 Å². The lowest BCUT2D eigenvalue weighted by molar-refractivity contribution is -0.143. The number of rotatable bonds is 13. The van der Waals surface area contributed by atoms with Crippen molar-refractivity contribution in [1.82, 2.24) is 25.2 Å². The van der Waals surface area contributed by atoms with Crippen LogP contribution in [0.25, 0.3) is 10.9 Å². The van der Waals surface area contributed by atoms with Gasteiger partial charge in [-0.25, -0.2) is 13.2 Å². The topological polar surface area (TPSA) is 185 Å². The molecular formula is C37H48N6O8S. The first-order chi connectivity index (χ1) is 24.7. The number of sulfonamides is 1. The van der Waals surface area contributed by atoms with Gasteiger partial charge in [-0.1, -0.05) is 50.2 Å². The van der Waals surface area contributed by atoms with E-state index in [0.717, 1.165) is 42.1 Å². The van der Waals surface area contributed by atoms with E-state index in [1.54, 1.807) is 39.3 Å². The highest BCUT2D eigenvalue weighted by atomic mass is 32.2. The van der Waals surface area contributed by atoms with E-state index in [4.69, 9.17) is 9.57 Å². The molecule has 5 atom stereocenters. The number of hydrogen-bond donors (Lipinski definition) is 3. The van der Waals surface area contributed by atoms with Crippen molar-refractivity contribution in [3.63, 3.8) is 0 Å². The van der Waals surface area contributed by atoms with Crippen molar-refractivity contribution >= 4 is 51.0 Å². The summed E-state index contributed by atoms with van der Waals surface area (Å²) in [7, 11) is -3.88. The Balaban J connectivity index is 1.23. The monoisotopic (exact) mass is 736 g/mol. The molecule has 1 aromatic heterocycles. The number of aromatic nitrogens is 1. The minimum Gasteiger partial charge on any atom is -0.446 e. The predicted molar refractivity (Wildman–Crippen MR) is 193 cm³/mol. The zero-order valence-electron chi connectivity index (χ0n) is 29.9. The molecule has 0 spiro atoms. The number of carbonyl (C=O) groups is 4. The lowest BCUT2D eigenvalue weighted by atomic mass is 9.85. The zero-order chi connectivity index (χ0) is 37.3.